The van der Waals surface area contributed by atoms with Crippen LogP contribution < -0.4 is 0 Å². The summed E-state index contributed by atoms with van der Waals surface area (Å²) < 4.78 is 0. The standard InChI is InChI=1S/C12H10.C3H4S2/c1-3-7-11(8-4-1)12-9-5-2-6-10-12;1-2-4-5-3-1/h1-10H;1-2H,3H2. The summed E-state index contributed by atoms with van der Waals surface area (Å²) in [5.74, 6) is 1.20. The maximum atomic E-state index is 2.16. The van der Waals surface area contributed by atoms with Gasteiger partial charge in [0.2, 0.25) is 0 Å². The summed E-state index contributed by atoms with van der Waals surface area (Å²) in [6, 6.07) is 20.8. The van der Waals surface area contributed by atoms with Crippen molar-refractivity contribution in [1.82, 2.24) is 0 Å². The van der Waals surface area contributed by atoms with E-state index in [9.17, 15) is 0 Å². The summed E-state index contributed by atoms with van der Waals surface area (Å²) >= 11 is 0. The molecule has 0 saturated heterocycles. The van der Waals surface area contributed by atoms with Gasteiger partial charge in [0, 0.05) is 5.75 Å². The van der Waals surface area contributed by atoms with Crippen molar-refractivity contribution in [2.24, 2.45) is 0 Å². The third-order valence-corrected chi connectivity index (χ3v) is 4.18. The van der Waals surface area contributed by atoms with Crippen molar-refractivity contribution in [3.05, 3.63) is 72.1 Å². The van der Waals surface area contributed by atoms with E-state index in [1.54, 1.807) is 0 Å². The van der Waals surface area contributed by atoms with Crippen LogP contribution in [-0.2, 0) is 0 Å². The average Bonchev–Trinajstić information content (AvgIpc) is 3.00. The first-order valence-corrected chi connectivity index (χ1v) is 7.89. The van der Waals surface area contributed by atoms with Crippen molar-refractivity contribution in [2.75, 3.05) is 5.75 Å². The molecule has 0 amide bonds. The van der Waals surface area contributed by atoms with Crippen molar-refractivity contribution in [2.45, 2.75) is 0 Å². The van der Waals surface area contributed by atoms with E-state index in [4.69, 9.17) is 0 Å². The second-order valence-electron chi connectivity index (χ2n) is 3.48. The van der Waals surface area contributed by atoms with Crippen LogP contribution in [0, 0.1) is 0 Å². The average molecular weight is 258 g/mol. The maximum Gasteiger partial charge on any atom is 0.0229 e. The Bertz CT molecular complexity index is 405. The van der Waals surface area contributed by atoms with Crippen molar-refractivity contribution in [3.8, 4) is 11.1 Å². The Kier molecular flexibility index (Phi) is 5.27. The van der Waals surface area contributed by atoms with Crippen molar-refractivity contribution >= 4 is 21.6 Å². The van der Waals surface area contributed by atoms with Gasteiger partial charge >= 0.3 is 0 Å². The minimum Gasteiger partial charge on any atom is -0.0854 e. The fourth-order valence-electron chi connectivity index (χ4n) is 1.46. The number of hydrogen-bond donors (Lipinski definition) is 0. The molecule has 0 aliphatic carbocycles. The van der Waals surface area contributed by atoms with Gasteiger partial charge in [-0.2, -0.15) is 0 Å². The van der Waals surface area contributed by atoms with Gasteiger partial charge < -0.3 is 0 Å². The smallest absolute Gasteiger partial charge is 0.0229 e. The summed E-state index contributed by atoms with van der Waals surface area (Å²) in [4.78, 5) is 0. The van der Waals surface area contributed by atoms with Crippen molar-refractivity contribution < 1.29 is 0 Å². The third-order valence-electron chi connectivity index (χ3n) is 2.26. The molecule has 2 heteroatoms. The van der Waals surface area contributed by atoms with Gasteiger partial charge in [0.15, 0.2) is 0 Å². The lowest BCUT2D eigenvalue weighted by Crippen LogP contribution is -1.73. The fraction of sp³-hybridized carbons (Fsp3) is 0.0667. The first kappa shape index (κ1) is 12.3. The van der Waals surface area contributed by atoms with Crippen LogP contribution in [0.1, 0.15) is 0 Å². The molecule has 0 unspecified atom stereocenters. The van der Waals surface area contributed by atoms with Gasteiger partial charge in [-0.15, -0.1) is 0 Å². The lowest BCUT2D eigenvalue weighted by atomic mass is 10.1. The van der Waals surface area contributed by atoms with Crippen LogP contribution in [0.2, 0.25) is 0 Å². The molecule has 0 bridgehead atoms. The van der Waals surface area contributed by atoms with Gasteiger partial charge in [-0.05, 0) is 16.5 Å². The second-order valence-corrected chi connectivity index (χ2v) is 5.80. The molecule has 0 aromatic heterocycles. The Morgan fingerprint density at radius 1 is 0.706 bits per heavy atom. The molecular weight excluding hydrogens is 244 g/mol. The van der Waals surface area contributed by atoms with E-state index in [2.05, 4.69) is 60.0 Å². The highest BCUT2D eigenvalue weighted by molar-refractivity contribution is 8.78. The van der Waals surface area contributed by atoms with Crippen LogP contribution in [0.15, 0.2) is 72.1 Å². The summed E-state index contributed by atoms with van der Waals surface area (Å²) in [5.41, 5.74) is 2.55. The van der Waals surface area contributed by atoms with E-state index in [-0.39, 0.29) is 0 Å². The molecule has 0 fully saturated rings. The highest BCUT2D eigenvalue weighted by Crippen LogP contribution is 2.27. The lowest BCUT2D eigenvalue weighted by Gasteiger charge is -1.98. The SMILES string of the molecule is C1=CSSC1.c1ccc(-c2ccccc2)cc1. The van der Waals surface area contributed by atoms with Crippen LogP contribution >= 0.6 is 21.6 Å². The van der Waals surface area contributed by atoms with Crippen molar-refractivity contribution in [1.29, 1.82) is 0 Å². The molecule has 1 aliphatic rings. The third kappa shape index (κ3) is 4.33. The molecule has 1 aliphatic heterocycles. The van der Waals surface area contributed by atoms with Gasteiger partial charge in [-0.25, -0.2) is 0 Å². The number of hydrogen-bond acceptors (Lipinski definition) is 2. The van der Waals surface area contributed by atoms with E-state index < -0.39 is 0 Å². The minimum atomic E-state index is 1.20. The van der Waals surface area contributed by atoms with Crippen LogP contribution in [0.25, 0.3) is 11.1 Å². The van der Waals surface area contributed by atoms with E-state index in [0.29, 0.717) is 0 Å². The van der Waals surface area contributed by atoms with Crippen molar-refractivity contribution in [3.63, 3.8) is 0 Å². The number of rotatable bonds is 1. The summed E-state index contributed by atoms with van der Waals surface area (Å²) in [6.45, 7) is 0. The first-order valence-electron chi connectivity index (χ1n) is 5.50. The second kappa shape index (κ2) is 7.25. The Hall–Kier alpha value is -1.12. The summed E-state index contributed by atoms with van der Waals surface area (Å²) in [5, 5.41) is 2.12. The zero-order valence-corrected chi connectivity index (χ0v) is 11.1. The normalized spacial score (nSPS) is 12.9. The first-order chi connectivity index (χ1) is 8.47. The predicted molar refractivity (Wildman–Crippen MR) is 81.1 cm³/mol. The molecule has 86 valence electrons. The largest absolute Gasteiger partial charge is 0.0854 e. The summed E-state index contributed by atoms with van der Waals surface area (Å²) in [7, 11) is 3.69. The van der Waals surface area contributed by atoms with Crippen LogP contribution in [0.4, 0.5) is 0 Å². The molecule has 2 aromatic rings. The fourth-order valence-corrected chi connectivity index (χ4v) is 3.03. The molecule has 2 aromatic carbocycles. The van der Waals surface area contributed by atoms with E-state index in [1.165, 1.54) is 16.9 Å². The van der Waals surface area contributed by atoms with E-state index >= 15 is 0 Å². The molecular formula is C15H14S2. The molecule has 3 rings (SSSR count). The monoisotopic (exact) mass is 258 g/mol. The topological polar surface area (TPSA) is 0 Å². The molecule has 0 atom stereocenters. The molecule has 1 heterocycles. The van der Waals surface area contributed by atoms with Gasteiger partial charge in [0.25, 0.3) is 0 Å². The predicted octanol–water partition coefficient (Wildman–Crippen LogP) is 5.25. The molecule has 0 spiro atoms. The highest BCUT2D eigenvalue weighted by Gasteiger charge is 1.91. The molecule has 17 heavy (non-hydrogen) atoms. The quantitative estimate of drug-likeness (QED) is 0.641. The molecule has 0 saturated carbocycles. The lowest BCUT2D eigenvalue weighted by molar-refractivity contribution is 1.62. The minimum absolute atomic E-state index is 1.20. The molecule has 0 nitrogen and oxygen atoms in total. The van der Waals surface area contributed by atoms with Gasteiger partial charge in [-0.1, -0.05) is 88.3 Å². The Balaban J connectivity index is 0.000000181. The van der Waals surface area contributed by atoms with Gasteiger partial charge in [0.1, 0.15) is 0 Å². The Morgan fingerprint density at radius 3 is 1.53 bits per heavy atom. The van der Waals surface area contributed by atoms with E-state index in [1.807, 2.05) is 33.7 Å². The van der Waals surface area contributed by atoms with Gasteiger partial charge in [-0.3, -0.25) is 0 Å². The molecule has 0 N–H and O–H groups in total. The van der Waals surface area contributed by atoms with E-state index in [0.717, 1.165) is 0 Å². The van der Waals surface area contributed by atoms with Crippen LogP contribution in [-0.4, -0.2) is 5.75 Å². The van der Waals surface area contributed by atoms with Crippen LogP contribution in [0.5, 0.6) is 0 Å². The van der Waals surface area contributed by atoms with Crippen LogP contribution in [0.3, 0.4) is 0 Å². The Labute approximate surface area is 111 Å². The number of benzene rings is 2. The molecule has 0 radical (unpaired) electrons. The zero-order valence-electron chi connectivity index (χ0n) is 9.45. The summed E-state index contributed by atoms with van der Waals surface area (Å²) in [6.07, 6.45) is 2.16. The zero-order chi connectivity index (χ0) is 11.8. The van der Waals surface area contributed by atoms with Gasteiger partial charge in [0.05, 0.1) is 0 Å². The maximum absolute atomic E-state index is 2.16. The Morgan fingerprint density at radius 2 is 1.24 bits per heavy atom. The highest BCUT2D eigenvalue weighted by atomic mass is 33.1.